The molecule has 3 rings (SSSR count). The number of halogens is 1. The summed E-state index contributed by atoms with van der Waals surface area (Å²) in [4.78, 5) is 20.0. The monoisotopic (exact) mass is 369 g/mol. The number of ether oxygens (including phenoxy) is 2. The van der Waals surface area contributed by atoms with Gasteiger partial charge in [-0.05, 0) is 42.5 Å². The Hall–Kier alpha value is -3.12. The molecule has 132 valence electrons. The predicted molar refractivity (Wildman–Crippen MR) is 98.7 cm³/mol. The first kappa shape index (κ1) is 17.7. The number of para-hydroxylation sites is 1. The number of benzene rings is 2. The average molecular weight is 370 g/mol. The lowest BCUT2D eigenvalue weighted by atomic mass is 10.3. The molecule has 1 N–H and O–H groups in total. The molecule has 3 aromatic rings. The van der Waals surface area contributed by atoms with Gasteiger partial charge in [0.25, 0.3) is 0 Å². The van der Waals surface area contributed by atoms with Crippen LogP contribution in [0.2, 0.25) is 5.02 Å². The van der Waals surface area contributed by atoms with Crippen LogP contribution >= 0.6 is 11.6 Å². The molecule has 0 saturated carbocycles. The Morgan fingerprint density at radius 1 is 1.00 bits per heavy atom. The van der Waals surface area contributed by atoms with Gasteiger partial charge in [-0.3, -0.25) is 4.79 Å². The van der Waals surface area contributed by atoms with Crippen molar-refractivity contribution >= 4 is 23.2 Å². The van der Waals surface area contributed by atoms with E-state index in [9.17, 15) is 4.79 Å². The van der Waals surface area contributed by atoms with Crippen LogP contribution in [0.3, 0.4) is 0 Å². The van der Waals surface area contributed by atoms with Crippen molar-refractivity contribution < 1.29 is 14.3 Å². The van der Waals surface area contributed by atoms with Gasteiger partial charge in [-0.2, -0.15) is 0 Å². The second kappa shape index (κ2) is 8.82. The maximum atomic E-state index is 12.0. The van der Waals surface area contributed by atoms with Gasteiger partial charge in [-0.1, -0.05) is 23.7 Å². The van der Waals surface area contributed by atoms with Crippen LogP contribution in [0.25, 0.3) is 0 Å². The number of aromatic nitrogens is 2. The van der Waals surface area contributed by atoms with Crippen LogP contribution in [-0.2, 0) is 4.79 Å². The zero-order valence-corrected chi connectivity index (χ0v) is 14.5. The Kier molecular flexibility index (Phi) is 6.01. The standard InChI is InChI=1S/C19H16ClN3O3/c20-16-4-1-2-5-17(16)25-13-10-18(24)23-14-6-8-15(9-7-14)26-19-21-11-3-12-22-19/h1-9,11-12H,10,13H2,(H,23,24). The summed E-state index contributed by atoms with van der Waals surface area (Å²) in [7, 11) is 0. The van der Waals surface area contributed by atoms with Crippen LogP contribution in [0, 0.1) is 0 Å². The number of hydrogen-bond acceptors (Lipinski definition) is 5. The van der Waals surface area contributed by atoms with E-state index in [0.717, 1.165) is 0 Å². The third-order valence-electron chi connectivity index (χ3n) is 3.31. The van der Waals surface area contributed by atoms with Gasteiger partial charge < -0.3 is 14.8 Å². The van der Waals surface area contributed by atoms with E-state index in [4.69, 9.17) is 21.1 Å². The van der Waals surface area contributed by atoms with Crippen molar-refractivity contribution in [2.75, 3.05) is 11.9 Å². The van der Waals surface area contributed by atoms with E-state index in [2.05, 4.69) is 15.3 Å². The van der Waals surface area contributed by atoms with E-state index in [1.54, 1.807) is 54.9 Å². The summed E-state index contributed by atoms with van der Waals surface area (Å²) in [5, 5.41) is 3.31. The fraction of sp³-hybridized carbons (Fsp3) is 0.105. The van der Waals surface area contributed by atoms with Crippen LogP contribution in [0.1, 0.15) is 6.42 Å². The van der Waals surface area contributed by atoms with E-state index in [1.165, 1.54) is 0 Å². The first-order valence-corrected chi connectivity index (χ1v) is 8.30. The summed E-state index contributed by atoms with van der Waals surface area (Å²) in [5.41, 5.74) is 0.661. The number of rotatable bonds is 7. The van der Waals surface area contributed by atoms with Crippen molar-refractivity contribution in [1.82, 2.24) is 9.97 Å². The second-order valence-corrected chi connectivity index (χ2v) is 5.64. The van der Waals surface area contributed by atoms with E-state index in [1.807, 2.05) is 12.1 Å². The average Bonchev–Trinajstić information content (AvgIpc) is 2.66. The zero-order chi connectivity index (χ0) is 18.2. The lowest BCUT2D eigenvalue weighted by molar-refractivity contribution is -0.116. The zero-order valence-electron chi connectivity index (χ0n) is 13.8. The van der Waals surface area contributed by atoms with E-state index < -0.39 is 0 Å². The first-order valence-electron chi connectivity index (χ1n) is 7.93. The number of nitrogens with zero attached hydrogens (tertiary/aromatic N) is 2. The molecule has 0 bridgehead atoms. The molecule has 7 heteroatoms. The smallest absolute Gasteiger partial charge is 0.321 e. The highest BCUT2D eigenvalue weighted by molar-refractivity contribution is 6.32. The minimum Gasteiger partial charge on any atom is -0.491 e. The molecule has 0 saturated heterocycles. The summed E-state index contributed by atoms with van der Waals surface area (Å²) in [6.07, 6.45) is 3.41. The summed E-state index contributed by atoms with van der Waals surface area (Å²) < 4.78 is 11.0. The number of carbonyl (C=O) groups excluding carboxylic acids is 1. The largest absolute Gasteiger partial charge is 0.491 e. The Labute approximate surface area is 155 Å². The highest BCUT2D eigenvalue weighted by Crippen LogP contribution is 2.23. The Bertz CT molecular complexity index is 857. The predicted octanol–water partition coefficient (Wildman–Crippen LogP) is 4.33. The summed E-state index contributed by atoms with van der Waals surface area (Å²) in [5.74, 6) is 0.986. The van der Waals surface area contributed by atoms with Crippen molar-refractivity contribution in [3.05, 3.63) is 72.0 Å². The molecule has 1 aromatic heterocycles. The molecular formula is C19H16ClN3O3. The lowest BCUT2D eigenvalue weighted by Crippen LogP contribution is -2.15. The number of anilines is 1. The van der Waals surface area contributed by atoms with Gasteiger partial charge in [-0.15, -0.1) is 0 Å². The van der Waals surface area contributed by atoms with Crippen molar-refractivity contribution in [3.8, 4) is 17.5 Å². The van der Waals surface area contributed by atoms with Crippen molar-refractivity contribution in [2.24, 2.45) is 0 Å². The minimum atomic E-state index is -0.155. The Morgan fingerprint density at radius 2 is 1.73 bits per heavy atom. The van der Waals surface area contributed by atoms with Gasteiger partial charge in [0.1, 0.15) is 11.5 Å². The van der Waals surface area contributed by atoms with Gasteiger partial charge >= 0.3 is 6.01 Å². The van der Waals surface area contributed by atoms with Crippen LogP contribution in [0.4, 0.5) is 5.69 Å². The molecule has 26 heavy (non-hydrogen) atoms. The maximum absolute atomic E-state index is 12.0. The van der Waals surface area contributed by atoms with Crippen molar-refractivity contribution in [1.29, 1.82) is 0 Å². The fourth-order valence-electron chi connectivity index (χ4n) is 2.09. The number of hydrogen-bond donors (Lipinski definition) is 1. The molecule has 0 aliphatic carbocycles. The van der Waals surface area contributed by atoms with Crippen molar-refractivity contribution in [3.63, 3.8) is 0 Å². The van der Waals surface area contributed by atoms with Crippen LogP contribution < -0.4 is 14.8 Å². The molecule has 0 spiro atoms. The Morgan fingerprint density at radius 3 is 2.46 bits per heavy atom. The third-order valence-corrected chi connectivity index (χ3v) is 3.62. The van der Waals surface area contributed by atoms with Gasteiger partial charge in [0.15, 0.2) is 0 Å². The summed E-state index contributed by atoms with van der Waals surface area (Å²) >= 11 is 6.00. The minimum absolute atomic E-state index is 0.155. The maximum Gasteiger partial charge on any atom is 0.321 e. The molecular weight excluding hydrogens is 354 g/mol. The van der Waals surface area contributed by atoms with E-state index in [0.29, 0.717) is 22.2 Å². The van der Waals surface area contributed by atoms with Gasteiger partial charge in [0, 0.05) is 18.1 Å². The molecule has 0 unspecified atom stereocenters. The number of carbonyl (C=O) groups is 1. The normalized spacial score (nSPS) is 10.2. The topological polar surface area (TPSA) is 73.3 Å². The first-order chi connectivity index (χ1) is 12.7. The molecule has 0 radical (unpaired) electrons. The van der Waals surface area contributed by atoms with Crippen LogP contribution in [-0.4, -0.2) is 22.5 Å². The van der Waals surface area contributed by atoms with Crippen LogP contribution in [0.5, 0.6) is 17.5 Å². The third kappa shape index (κ3) is 5.19. The molecule has 1 amide bonds. The summed E-state index contributed by atoms with van der Waals surface area (Å²) in [6, 6.07) is 16.1. The fourth-order valence-corrected chi connectivity index (χ4v) is 2.28. The molecule has 0 fully saturated rings. The van der Waals surface area contributed by atoms with Gasteiger partial charge in [0.05, 0.1) is 18.1 Å². The Balaban J connectivity index is 1.46. The highest BCUT2D eigenvalue weighted by atomic mass is 35.5. The van der Waals surface area contributed by atoms with Crippen molar-refractivity contribution in [2.45, 2.75) is 6.42 Å². The molecule has 0 aliphatic heterocycles. The van der Waals surface area contributed by atoms with Gasteiger partial charge in [0.2, 0.25) is 5.91 Å². The molecule has 1 heterocycles. The van der Waals surface area contributed by atoms with E-state index >= 15 is 0 Å². The second-order valence-electron chi connectivity index (χ2n) is 5.23. The molecule has 0 atom stereocenters. The van der Waals surface area contributed by atoms with E-state index in [-0.39, 0.29) is 24.9 Å². The SMILES string of the molecule is O=C(CCOc1ccccc1Cl)Nc1ccc(Oc2ncccn2)cc1. The molecule has 6 nitrogen and oxygen atoms in total. The molecule has 2 aromatic carbocycles. The van der Waals surface area contributed by atoms with Gasteiger partial charge in [-0.25, -0.2) is 9.97 Å². The number of amides is 1. The quantitative estimate of drug-likeness (QED) is 0.671. The molecule has 0 aliphatic rings. The summed E-state index contributed by atoms with van der Waals surface area (Å²) in [6.45, 7) is 0.238. The van der Waals surface area contributed by atoms with Crippen LogP contribution in [0.15, 0.2) is 67.0 Å². The number of nitrogens with one attached hydrogen (secondary N) is 1. The highest BCUT2D eigenvalue weighted by Gasteiger charge is 2.06. The lowest BCUT2D eigenvalue weighted by Gasteiger charge is -2.09.